The fraction of sp³-hybridized carbons (Fsp3) is 0.500. The number of nitrogen functional groups attached to an aromatic ring is 1. The molecule has 9 heteroatoms. The first-order valence-corrected chi connectivity index (χ1v) is 5.69. The SMILES string of the molecule is Nc1ncc2c(ncn2[C@@H]2O[C@H](CO)[C@@H](O)[C@H]2O)n1. The Morgan fingerprint density at radius 1 is 1.32 bits per heavy atom. The number of nitrogens with two attached hydrogens (primary N) is 1. The minimum absolute atomic E-state index is 0.0962. The topological polar surface area (TPSA) is 140 Å². The van der Waals surface area contributed by atoms with Crippen molar-refractivity contribution in [3.63, 3.8) is 0 Å². The van der Waals surface area contributed by atoms with Crippen molar-refractivity contribution in [3.8, 4) is 0 Å². The molecule has 1 saturated heterocycles. The average Bonchev–Trinajstić information content (AvgIpc) is 2.92. The van der Waals surface area contributed by atoms with Crippen LogP contribution in [0.2, 0.25) is 0 Å². The Kier molecular flexibility index (Phi) is 2.82. The number of aromatic nitrogens is 4. The van der Waals surface area contributed by atoms with Crippen LogP contribution in [0.3, 0.4) is 0 Å². The summed E-state index contributed by atoms with van der Waals surface area (Å²) in [5.41, 5.74) is 6.34. The van der Waals surface area contributed by atoms with E-state index in [-0.39, 0.29) is 12.6 Å². The summed E-state index contributed by atoms with van der Waals surface area (Å²) in [6.45, 7) is -0.384. The van der Waals surface area contributed by atoms with Gasteiger partial charge < -0.3 is 25.8 Å². The van der Waals surface area contributed by atoms with E-state index in [1.165, 1.54) is 17.1 Å². The van der Waals surface area contributed by atoms with Crippen molar-refractivity contribution in [2.75, 3.05) is 12.3 Å². The highest BCUT2D eigenvalue weighted by Gasteiger charge is 2.43. The highest BCUT2D eigenvalue weighted by molar-refractivity contribution is 5.70. The molecule has 1 fully saturated rings. The Morgan fingerprint density at radius 2 is 2.11 bits per heavy atom. The minimum Gasteiger partial charge on any atom is -0.394 e. The van der Waals surface area contributed by atoms with Crippen LogP contribution in [-0.4, -0.2) is 59.8 Å². The van der Waals surface area contributed by atoms with Gasteiger partial charge in [0, 0.05) is 0 Å². The molecule has 0 amide bonds. The van der Waals surface area contributed by atoms with Crippen LogP contribution in [0, 0.1) is 0 Å². The molecule has 0 spiro atoms. The molecule has 5 N–H and O–H groups in total. The predicted molar refractivity (Wildman–Crippen MR) is 62.7 cm³/mol. The van der Waals surface area contributed by atoms with Crippen LogP contribution >= 0.6 is 0 Å². The summed E-state index contributed by atoms with van der Waals surface area (Å²) in [4.78, 5) is 11.8. The summed E-state index contributed by atoms with van der Waals surface area (Å²) in [5.74, 6) is 0.0962. The molecule has 4 atom stereocenters. The third-order valence-electron chi connectivity index (χ3n) is 3.14. The standard InChI is InChI=1S/C10H13N5O4/c11-10-12-1-4-8(14-10)13-3-15(4)9-7(18)6(17)5(2-16)19-9/h1,3,5-7,9,16-18H,2H2,(H2,11,12,14)/t5-,6-,7-,9-/m1/s1. The highest BCUT2D eigenvalue weighted by Crippen LogP contribution is 2.31. The monoisotopic (exact) mass is 267 g/mol. The first-order chi connectivity index (χ1) is 9.11. The van der Waals surface area contributed by atoms with Gasteiger partial charge in [-0.05, 0) is 0 Å². The quantitative estimate of drug-likeness (QED) is 0.491. The highest BCUT2D eigenvalue weighted by atomic mass is 16.6. The van der Waals surface area contributed by atoms with Crippen molar-refractivity contribution in [3.05, 3.63) is 12.5 Å². The number of fused-ring (bicyclic) bond motifs is 1. The lowest BCUT2D eigenvalue weighted by Crippen LogP contribution is -2.33. The van der Waals surface area contributed by atoms with Gasteiger partial charge in [0.05, 0.1) is 19.1 Å². The van der Waals surface area contributed by atoms with Gasteiger partial charge in [-0.1, -0.05) is 0 Å². The van der Waals surface area contributed by atoms with Gasteiger partial charge in [0.1, 0.15) is 23.8 Å². The number of aliphatic hydroxyl groups is 3. The third kappa shape index (κ3) is 1.83. The Balaban J connectivity index is 2.01. The molecule has 102 valence electrons. The maximum Gasteiger partial charge on any atom is 0.222 e. The number of rotatable bonds is 2. The van der Waals surface area contributed by atoms with E-state index >= 15 is 0 Å². The number of ether oxygens (including phenoxy) is 1. The summed E-state index contributed by atoms with van der Waals surface area (Å²) in [5, 5.41) is 28.7. The first-order valence-electron chi connectivity index (χ1n) is 5.69. The minimum atomic E-state index is -1.17. The Labute approximate surface area is 107 Å². The number of hydrogen-bond acceptors (Lipinski definition) is 8. The van der Waals surface area contributed by atoms with Gasteiger partial charge in [0.15, 0.2) is 11.9 Å². The first kappa shape index (κ1) is 12.2. The summed E-state index contributed by atoms with van der Waals surface area (Å²) in [6, 6.07) is 0. The molecule has 0 saturated carbocycles. The number of hydrogen-bond donors (Lipinski definition) is 4. The summed E-state index contributed by atoms with van der Waals surface area (Å²) in [7, 11) is 0. The zero-order chi connectivity index (χ0) is 13.6. The van der Waals surface area contributed by atoms with E-state index in [1.54, 1.807) is 0 Å². The Bertz CT molecular complexity index is 603. The summed E-state index contributed by atoms with van der Waals surface area (Å²) < 4.78 is 6.90. The molecule has 19 heavy (non-hydrogen) atoms. The molecule has 0 unspecified atom stereocenters. The summed E-state index contributed by atoms with van der Waals surface area (Å²) in [6.07, 6.45) is -1.16. The lowest BCUT2D eigenvalue weighted by molar-refractivity contribution is -0.0509. The van der Waals surface area contributed by atoms with Gasteiger partial charge in [0.2, 0.25) is 5.95 Å². The van der Waals surface area contributed by atoms with Crippen LogP contribution in [-0.2, 0) is 4.74 Å². The number of nitrogens with zero attached hydrogens (tertiary/aromatic N) is 4. The Morgan fingerprint density at radius 3 is 2.79 bits per heavy atom. The molecule has 3 rings (SSSR count). The fourth-order valence-electron chi connectivity index (χ4n) is 2.15. The average molecular weight is 267 g/mol. The van der Waals surface area contributed by atoms with E-state index in [4.69, 9.17) is 15.6 Å². The van der Waals surface area contributed by atoms with Gasteiger partial charge in [-0.25, -0.2) is 9.97 Å². The van der Waals surface area contributed by atoms with E-state index in [0.29, 0.717) is 11.2 Å². The lowest BCUT2D eigenvalue weighted by Gasteiger charge is -2.16. The lowest BCUT2D eigenvalue weighted by atomic mass is 10.1. The van der Waals surface area contributed by atoms with Crippen LogP contribution in [0.5, 0.6) is 0 Å². The van der Waals surface area contributed by atoms with Crippen molar-refractivity contribution in [2.45, 2.75) is 24.5 Å². The van der Waals surface area contributed by atoms with Crippen LogP contribution in [0.4, 0.5) is 5.95 Å². The van der Waals surface area contributed by atoms with Gasteiger partial charge in [-0.15, -0.1) is 0 Å². The second-order valence-corrected chi connectivity index (χ2v) is 4.32. The van der Waals surface area contributed by atoms with Gasteiger partial charge in [-0.2, -0.15) is 4.98 Å². The van der Waals surface area contributed by atoms with Crippen LogP contribution in [0.15, 0.2) is 12.5 Å². The van der Waals surface area contributed by atoms with Crippen LogP contribution < -0.4 is 5.73 Å². The third-order valence-corrected chi connectivity index (χ3v) is 3.14. The number of imidazole rings is 1. The molecule has 2 aromatic heterocycles. The van der Waals surface area contributed by atoms with Crippen molar-refractivity contribution in [1.29, 1.82) is 0 Å². The zero-order valence-electron chi connectivity index (χ0n) is 9.79. The Hall–Kier alpha value is -1.81. The molecule has 2 aromatic rings. The summed E-state index contributed by atoms with van der Waals surface area (Å²) >= 11 is 0. The van der Waals surface area contributed by atoms with E-state index in [0.717, 1.165) is 0 Å². The predicted octanol–water partition coefficient (Wildman–Crippen LogP) is -1.98. The van der Waals surface area contributed by atoms with E-state index in [1.807, 2.05) is 0 Å². The van der Waals surface area contributed by atoms with Gasteiger partial charge >= 0.3 is 0 Å². The molecule has 0 aromatic carbocycles. The molecule has 0 aliphatic carbocycles. The largest absolute Gasteiger partial charge is 0.394 e. The molecule has 0 bridgehead atoms. The molecule has 1 aliphatic heterocycles. The van der Waals surface area contributed by atoms with Gasteiger partial charge in [-0.3, -0.25) is 4.57 Å². The molecular weight excluding hydrogens is 254 g/mol. The molecule has 0 radical (unpaired) electrons. The molecule has 3 heterocycles. The number of anilines is 1. The van der Waals surface area contributed by atoms with E-state index < -0.39 is 24.5 Å². The molecular formula is C10H13N5O4. The van der Waals surface area contributed by atoms with Crippen LogP contribution in [0.25, 0.3) is 11.2 Å². The van der Waals surface area contributed by atoms with Crippen LogP contribution in [0.1, 0.15) is 6.23 Å². The van der Waals surface area contributed by atoms with E-state index in [9.17, 15) is 10.2 Å². The normalized spacial score (nSPS) is 31.1. The molecule has 1 aliphatic rings. The smallest absolute Gasteiger partial charge is 0.222 e. The number of aliphatic hydroxyl groups excluding tert-OH is 3. The maximum absolute atomic E-state index is 9.94. The second kappa shape index (κ2) is 4.38. The molecule has 9 nitrogen and oxygen atoms in total. The second-order valence-electron chi connectivity index (χ2n) is 4.32. The zero-order valence-corrected chi connectivity index (χ0v) is 9.79. The van der Waals surface area contributed by atoms with Gasteiger partial charge in [0.25, 0.3) is 0 Å². The van der Waals surface area contributed by atoms with Crippen molar-refractivity contribution < 1.29 is 20.1 Å². The fourth-order valence-corrected chi connectivity index (χ4v) is 2.15. The van der Waals surface area contributed by atoms with E-state index in [2.05, 4.69) is 15.0 Å². The van der Waals surface area contributed by atoms with Crippen molar-refractivity contribution in [1.82, 2.24) is 19.5 Å². The maximum atomic E-state index is 9.94. The van der Waals surface area contributed by atoms with Crippen molar-refractivity contribution in [2.24, 2.45) is 0 Å². The van der Waals surface area contributed by atoms with Crippen molar-refractivity contribution >= 4 is 17.1 Å².